The number of hydrogen-bond acceptors (Lipinski definition) is 3. The van der Waals surface area contributed by atoms with Crippen molar-refractivity contribution in [1.29, 1.82) is 0 Å². The molecule has 2 amide bonds. The number of carbonyl (C=O) groups is 3. The molecule has 0 saturated heterocycles. The second kappa shape index (κ2) is 6.79. The second-order valence-electron chi connectivity index (χ2n) is 5.24. The molecule has 6 nitrogen and oxygen atoms in total. The molecule has 0 aliphatic heterocycles. The molecule has 2 N–H and O–H groups in total. The molecule has 0 spiro atoms. The van der Waals surface area contributed by atoms with Gasteiger partial charge in [0.25, 0.3) is 5.91 Å². The number of carbonyl (C=O) groups excluding carboxylic acids is 2. The van der Waals surface area contributed by atoms with Crippen molar-refractivity contribution in [3.63, 3.8) is 0 Å². The van der Waals surface area contributed by atoms with Crippen LogP contribution in [0.1, 0.15) is 30.1 Å². The Hall–Kier alpha value is -2.08. The number of halogens is 1. The van der Waals surface area contributed by atoms with Gasteiger partial charge < -0.3 is 15.3 Å². The fraction of sp³-hybridized carbons (Fsp3) is 0.400. The standard InChI is InChI=1S/C15H17ClN2O4/c1-9(15(21)22)18(12-5-6-12)13(19)8-17-14(20)10-3-2-4-11(16)7-10/h2-4,7,9,12H,5-6,8H2,1H3,(H,17,20)(H,21,22). The van der Waals surface area contributed by atoms with E-state index in [4.69, 9.17) is 16.7 Å². The van der Waals surface area contributed by atoms with Crippen molar-refractivity contribution >= 4 is 29.4 Å². The van der Waals surface area contributed by atoms with Crippen molar-refractivity contribution < 1.29 is 19.5 Å². The van der Waals surface area contributed by atoms with Crippen LogP contribution in [-0.4, -0.2) is 46.4 Å². The first kappa shape index (κ1) is 16.3. The molecule has 118 valence electrons. The Morgan fingerprint density at radius 2 is 2.09 bits per heavy atom. The lowest BCUT2D eigenvalue weighted by atomic mass is 10.2. The van der Waals surface area contributed by atoms with E-state index >= 15 is 0 Å². The maximum absolute atomic E-state index is 12.2. The average molecular weight is 325 g/mol. The lowest BCUT2D eigenvalue weighted by Gasteiger charge is -2.26. The van der Waals surface area contributed by atoms with Crippen LogP contribution in [0, 0.1) is 0 Å². The number of nitrogens with one attached hydrogen (secondary N) is 1. The van der Waals surface area contributed by atoms with Crippen LogP contribution in [0.3, 0.4) is 0 Å². The maximum Gasteiger partial charge on any atom is 0.326 e. The second-order valence-corrected chi connectivity index (χ2v) is 5.68. The molecule has 1 atom stereocenters. The molecular weight excluding hydrogens is 308 g/mol. The highest BCUT2D eigenvalue weighted by molar-refractivity contribution is 6.30. The zero-order valence-corrected chi connectivity index (χ0v) is 12.8. The molecule has 0 heterocycles. The number of nitrogens with zero attached hydrogens (tertiary/aromatic N) is 1. The third-order valence-electron chi connectivity index (χ3n) is 3.49. The summed E-state index contributed by atoms with van der Waals surface area (Å²) in [7, 11) is 0. The summed E-state index contributed by atoms with van der Waals surface area (Å²) in [5, 5.41) is 12.0. The summed E-state index contributed by atoms with van der Waals surface area (Å²) in [6.45, 7) is 1.23. The van der Waals surface area contributed by atoms with Gasteiger partial charge in [0.1, 0.15) is 6.04 Å². The molecule has 2 rings (SSSR count). The predicted octanol–water partition coefficient (Wildman–Crippen LogP) is 1.53. The van der Waals surface area contributed by atoms with Gasteiger partial charge in [0.15, 0.2) is 0 Å². The fourth-order valence-corrected chi connectivity index (χ4v) is 2.38. The molecule has 1 saturated carbocycles. The quantitative estimate of drug-likeness (QED) is 0.831. The largest absolute Gasteiger partial charge is 0.480 e. The number of amides is 2. The van der Waals surface area contributed by atoms with E-state index in [9.17, 15) is 14.4 Å². The van der Waals surface area contributed by atoms with Crippen molar-refractivity contribution in [2.24, 2.45) is 0 Å². The molecule has 0 bridgehead atoms. The predicted molar refractivity (Wildman–Crippen MR) is 80.8 cm³/mol. The van der Waals surface area contributed by atoms with Gasteiger partial charge in [-0.1, -0.05) is 17.7 Å². The summed E-state index contributed by atoms with van der Waals surface area (Å²) in [5.41, 5.74) is 0.351. The van der Waals surface area contributed by atoms with Gasteiger partial charge in [-0.05, 0) is 38.0 Å². The van der Waals surface area contributed by atoms with Crippen molar-refractivity contribution in [3.8, 4) is 0 Å². The average Bonchev–Trinajstić information content (AvgIpc) is 3.29. The van der Waals surface area contributed by atoms with Crippen LogP contribution in [0.4, 0.5) is 0 Å². The van der Waals surface area contributed by atoms with Crippen LogP contribution < -0.4 is 5.32 Å². The third kappa shape index (κ3) is 3.98. The van der Waals surface area contributed by atoms with Crippen LogP contribution in [0.15, 0.2) is 24.3 Å². The Kier molecular flexibility index (Phi) is 5.03. The van der Waals surface area contributed by atoms with E-state index in [1.165, 1.54) is 17.9 Å². The molecule has 1 aliphatic carbocycles. The first-order valence-corrected chi connectivity index (χ1v) is 7.35. The fourth-order valence-electron chi connectivity index (χ4n) is 2.19. The molecular formula is C15H17ClN2O4. The van der Waals surface area contributed by atoms with Crippen LogP contribution in [0.2, 0.25) is 5.02 Å². The zero-order chi connectivity index (χ0) is 16.3. The smallest absolute Gasteiger partial charge is 0.326 e. The molecule has 0 radical (unpaired) electrons. The number of carboxylic acids is 1. The lowest BCUT2D eigenvalue weighted by Crippen LogP contribution is -2.48. The van der Waals surface area contributed by atoms with Crippen molar-refractivity contribution in [1.82, 2.24) is 10.2 Å². The van der Waals surface area contributed by atoms with Gasteiger partial charge in [-0.2, -0.15) is 0 Å². The number of rotatable bonds is 6. The highest BCUT2D eigenvalue weighted by atomic mass is 35.5. The molecule has 1 aromatic rings. The molecule has 1 aliphatic rings. The summed E-state index contributed by atoms with van der Waals surface area (Å²) < 4.78 is 0. The number of carboxylic acid groups (broad SMARTS) is 1. The van der Waals surface area contributed by atoms with E-state index in [0.717, 1.165) is 12.8 Å². The van der Waals surface area contributed by atoms with Gasteiger partial charge in [-0.25, -0.2) is 4.79 Å². The summed E-state index contributed by atoms with van der Waals surface area (Å²) in [6.07, 6.45) is 1.59. The Morgan fingerprint density at radius 3 is 2.64 bits per heavy atom. The van der Waals surface area contributed by atoms with Crippen LogP contribution in [-0.2, 0) is 9.59 Å². The minimum absolute atomic E-state index is 0.0401. The molecule has 1 unspecified atom stereocenters. The lowest BCUT2D eigenvalue weighted by molar-refractivity contribution is -0.149. The van der Waals surface area contributed by atoms with E-state index in [2.05, 4.69) is 5.32 Å². The van der Waals surface area contributed by atoms with E-state index in [0.29, 0.717) is 10.6 Å². The van der Waals surface area contributed by atoms with Gasteiger partial charge in [0.2, 0.25) is 5.91 Å². The Balaban J connectivity index is 1.96. The van der Waals surface area contributed by atoms with Crippen LogP contribution in [0.25, 0.3) is 0 Å². The monoisotopic (exact) mass is 324 g/mol. The number of hydrogen-bond donors (Lipinski definition) is 2. The molecule has 1 fully saturated rings. The van der Waals surface area contributed by atoms with E-state index < -0.39 is 23.8 Å². The van der Waals surface area contributed by atoms with Gasteiger partial charge in [-0.15, -0.1) is 0 Å². The minimum atomic E-state index is -1.05. The Labute approximate surface area is 133 Å². The van der Waals surface area contributed by atoms with Crippen LogP contribution >= 0.6 is 11.6 Å². The maximum atomic E-state index is 12.2. The first-order chi connectivity index (χ1) is 10.4. The molecule has 0 aromatic heterocycles. The number of aliphatic carboxylic acids is 1. The van der Waals surface area contributed by atoms with Gasteiger partial charge in [0, 0.05) is 16.6 Å². The highest BCUT2D eigenvalue weighted by Crippen LogP contribution is 2.28. The summed E-state index contributed by atoms with van der Waals surface area (Å²) in [5.74, 6) is -1.87. The normalized spacial score (nSPS) is 15.0. The summed E-state index contributed by atoms with van der Waals surface area (Å²) in [4.78, 5) is 36.6. The number of benzene rings is 1. The van der Waals surface area contributed by atoms with E-state index in [-0.39, 0.29) is 12.6 Å². The molecule has 22 heavy (non-hydrogen) atoms. The summed E-state index contributed by atoms with van der Waals surface area (Å²) in [6, 6.07) is 5.43. The SMILES string of the molecule is CC(C(=O)O)N(C(=O)CNC(=O)c1cccc(Cl)c1)C1CC1. The van der Waals surface area contributed by atoms with Gasteiger partial charge in [0.05, 0.1) is 6.54 Å². The first-order valence-electron chi connectivity index (χ1n) is 6.98. The Bertz CT molecular complexity index is 601. The Morgan fingerprint density at radius 1 is 1.41 bits per heavy atom. The van der Waals surface area contributed by atoms with Crippen molar-refractivity contribution in [2.75, 3.05) is 6.54 Å². The van der Waals surface area contributed by atoms with Crippen LogP contribution in [0.5, 0.6) is 0 Å². The highest BCUT2D eigenvalue weighted by Gasteiger charge is 2.38. The van der Waals surface area contributed by atoms with Crippen molar-refractivity contribution in [2.45, 2.75) is 31.8 Å². The summed E-state index contributed by atoms with van der Waals surface area (Å²) >= 11 is 5.81. The van der Waals surface area contributed by atoms with Gasteiger partial charge >= 0.3 is 5.97 Å². The van der Waals surface area contributed by atoms with E-state index in [1.54, 1.807) is 18.2 Å². The molecule has 7 heteroatoms. The van der Waals surface area contributed by atoms with E-state index in [1.807, 2.05) is 0 Å². The zero-order valence-electron chi connectivity index (χ0n) is 12.1. The third-order valence-corrected chi connectivity index (χ3v) is 3.72. The van der Waals surface area contributed by atoms with Gasteiger partial charge in [-0.3, -0.25) is 9.59 Å². The topological polar surface area (TPSA) is 86.7 Å². The van der Waals surface area contributed by atoms with Crippen molar-refractivity contribution in [3.05, 3.63) is 34.9 Å². The minimum Gasteiger partial charge on any atom is -0.480 e. The molecule has 1 aromatic carbocycles.